The normalized spacial score (nSPS) is 12.4. The number of benzene rings is 2. The molecule has 0 aromatic heterocycles. The smallest absolute Gasteiger partial charge is 0.265 e. The van der Waals surface area contributed by atoms with E-state index >= 15 is 0 Å². The zero-order chi connectivity index (χ0) is 22.3. The van der Waals surface area contributed by atoms with Crippen LogP contribution in [-0.2, 0) is 14.8 Å². The molecule has 0 aliphatic carbocycles. The molecule has 1 amide bonds. The molecule has 10 heteroatoms. The Balaban J connectivity index is 1.89. The summed E-state index contributed by atoms with van der Waals surface area (Å²) < 4.78 is 53.4. The number of amides is 1. The number of hydrogen-bond donors (Lipinski definition) is 4. The Hall–Kier alpha value is -2.56. The van der Waals surface area contributed by atoms with Gasteiger partial charge in [0.15, 0.2) is 0 Å². The van der Waals surface area contributed by atoms with Gasteiger partial charge in [-0.05, 0) is 80.6 Å². The second-order valence-electron chi connectivity index (χ2n) is 6.94. The third-order valence-corrected chi connectivity index (χ3v) is 6.02. The maximum atomic E-state index is 13.8. The summed E-state index contributed by atoms with van der Waals surface area (Å²) in [5, 5.41) is 11.9. The van der Waals surface area contributed by atoms with Crippen LogP contribution in [0.2, 0.25) is 0 Å². The highest BCUT2D eigenvalue weighted by Gasteiger charge is 2.19. The molecule has 0 spiro atoms. The number of sulfonamides is 1. The zero-order valence-corrected chi connectivity index (χ0v) is 17.5. The molecule has 2 aromatic carbocycles. The van der Waals surface area contributed by atoms with Crippen LogP contribution in [0.15, 0.2) is 41.3 Å². The SMILES string of the molecule is Cc1cc(NC(CCCCNS(=O)(=O)c2ccc(F)cc2)C(=O)NO)cc(C)c1F. The van der Waals surface area contributed by atoms with Crippen LogP contribution < -0.4 is 15.5 Å². The minimum absolute atomic E-state index is 0.0369. The first kappa shape index (κ1) is 23.7. The molecule has 0 bridgehead atoms. The van der Waals surface area contributed by atoms with E-state index in [-0.39, 0.29) is 17.3 Å². The molecule has 0 saturated heterocycles. The lowest BCUT2D eigenvalue weighted by Crippen LogP contribution is -2.38. The summed E-state index contributed by atoms with van der Waals surface area (Å²) in [6.45, 7) is 3.35. The summed E-state index contributed by atoms with van der Waals surface area (Å²) in [6, 6.07) is 6.83. The maximum absolute atomic E-state index is 13.8. The third kappa shape index (κ3) is 6.48. The molecule has 0 fully saturated rings. The molecule has 0 aliphatic heterocycles. The number of aryl methyl sites for hydroxylation is 2. The molecule has 30 heavy (non-hydrogen) atoms. The predicted octanol–water partition coefficient (Wildman–Crippen LogP) is 3.02. The molecular weight excluding hydrogens is 416 g/mol. The van der Waals surface area contributed by atoms with E-state index in [9.17, 15) is 22.0 Å². The van der Waals surface area contributed by atoms with E-state index in [1.165, 1.54) is 12.1 Å². The van der Waals surface area contributed by atoms with Gasteiger partial charge in [-0.1, -0.05) is 0 Å². The van der Waals surface area contributed by atoms with Crippen LogP contribution in [0, 0.1) is 25.5 Å². The van der Waals surface area contributed by atoms with Crippen LogP contribution >= 0.6 is 0 Å². The van der Waals surface area contributed by atoms with E-state index in [1.807, 2.05) is 0 Å². The van der Waals surface area contributed by atoms with Crippen molar-refractivity contribution >= 4 is 21.6 Å². The van der Waals surface area contributed by atoms with E-state index in [0.717, 1.165) is 12.1 Å². The first-order valence-electron chi connectivity index (χ1n) is 9.36. The van der Waals surface area contributed by atoms with Gasteiger partial charge >= 0.3 is 0 Å². The summed E-state index contributed by atoms with van der Waals surface area (Å²) in [6.07, 6.45) is 1.20. The summed E-state index contributed by atoms with van der Waals surface area (Å²) in [5.41, 5.74) is 2.99. The fourth-order valence-corrected chi connectivity index (χ4v) is 4.03. The average molecular weight is 442 g/mol. The Morgan fingerprint density at radius 1 is 1.07 bits per heavy atom. The Morgan fingerprint density at radius 2 is 1.67 bits per heavy atom. The van der Waals surface area contributed by atoms with Crippen LogP contribution in [0.25, 0.3) is 0 Å². The van der Waals surface area contributed by atoms with E-state index in [4.69, 9.17) is 5.21 Å². The number of anilines is 1. The first-order chi connectivity index (χ1) is 14.1. The van der Waals surface area contributed by atoms with Crippen molar-refractivity contribution in [2.24, 2.45) is 0 Å². The lowest BCUT2D eigenvalue weighted by molar-refractivity contribution is -0.130. The third-order valence-electron chi connectivity index (χ3n) is 4.54. The predicted molar refractivity (Wildman–Crippen MR) is 109 cm³/mol. The van der Waals surface area contributed by atoms with Crippen molar-refractivity contribution < 1.29 is 27.2 Å². The second-order valence-corrected chi connectivity index (χ2v) is 8.71. The molecule has 7 nitrogen and oxygen atoms in total. The summed E-state index contributed by atoms with van der Waals surface area (Å²) >= 11 is 0. The van der Waals surface area contributed by atoms with Gasteiger partial charge < -0.3 is 5.32 Å². The Bertz CT molecular complexity index is 959. The number of nitrogens with one attached hydrogen (secondary N) is 3. The van der Waals surface area contributed by atoms with Crippen molar-refractivity contribution in [3.8, 4) is 0 Å². The molecule has 1 atom stereocenters. The molecule has 2 rings (SSSR count). The van der Waals surface area contributed by atoms with Gasteiger partial charge in [0, 0.05) is 12.2 Å². The number of halogens is 2. The van der Waals surface area contributed by atoms with Crippen LogP contribution in [0.5, 0.6) is 0 Å². The van der Waals surface area contributed by atoms with E-state index in [2.05, 4.69) is 10.0 Å². The molecule has 0 radical (unpaired) electrons. The molecule has 1 unspecified atom stereocenters. The highest BCUT2D eigenvalue weighted by atomic mass is 32.2. The van der Waals surface area contributed by atoms with Gasteiger partial charge in [0.1, 0.15) is 17.7 Å². The van der Waals surface area contributed by atoms with Gasteiger partial charge in [-0.25, -0.2) is 27.4 Å². The van der Waals surface area contributed by atoms with Crippen molar-refractivity contribution in [1.29, 1.82) is 0 Å². The Morgan fingerprint density at radius 3 is 2.23 bits per heavy atom. The fraction of sp³-hybridized carbons (Fsp3) is 0.350. The van der Waals surface area contributed by atoms with Crippen molar-refractivity contribution in [2.45, 2.75) is 44.0 Å². The lowest BCUT2D eigenvalue weighted by atomic mass is 10.1. The fourth-order valence-electron chi connectivity index (χ4n) is 2.95. The lowest BCUT2D eigenvalue weighted by Gasteiger charge is -2.19. The van der Waals surface area contributed by atoms with E-state index < -0.39 is 27.8 Å². The zero-order valence-electron chi connectivity index (χ0n) is 16.7. The quantitative estimate of drug-likeness (QED) is 0.258. The topological polar surface area (TPSA) is 108 Å². The summed E-state index contributed by atoms with van der Waals surface area (Å²) in [7, 11) is -3.75. The van der Waals surface area contributed by atoms with Crippen molar-refractivity contribution in [3.05, 3.63) is 59.2 Å². The number of rotatable bonds is 10. The van der Waals surface area contributed by atoms with Crippen molar-refractivity contribution in [3.63, 3.8) is 0 Å². The minimum Gasteiger partial charge on any atom is -0.374 e. The number of hydroxylamine groups is 1. The standard InChI is InChI=1S/C20H25F2N3O4S/c1-13-11-16(12-14(2)19(13)22)24-18(20(26)25-27)5-3-4-10-23-30(28,29)17-8-6-15(21)7-9-17/h6-9,11-12,18,23-24,27H,3-5,10H2,1-2H3,(H,25,26). The largest absolute Gasteiger partial charge is 0.374 e. The molecular formula is C20H25F2N3O4S. The van der Waals surface area contributed by atoms with Crippen molar-refractivity contribution in [2.75, 3.05) is 11.9 Å². The highest BCUT2D eigenvalue weighted by molar-refractivity contribution is 7.89. The maximum Gasteiger partial charge on any atom is 0.265 e. The average Bonchev–Trinajstić information content (AvgIpc) is 2.70. The molecule has 4 N–H and O–H groups in total. The van der Waals surface area contributed by atoms with Gasteiger partial charge in [0.25, 0.3) is 5.91 Å². The molecule has 2 aromatic rings. The monoisotopic (exact) mass is 441 g/mol. The van der Waals surface area contributed by atoms with Crippen LogP contribution in [-0.4, -0.2) is 32.1 Å². The van der Waals surface area contributed by atoms with Crippen LogP contribution in [0.1, 0.15) is 30.4 Å². The molecule has 0 heterocycles. The first-order valence-corrected chi connectivity index (χ1v) is 10.8. The number of carbonyl (C=O) groups excluding carboxylic acids is 1. The highest BCUT2D eigenvalue weighted by Crippen LogP contribution is 2.20. The van der Waals surface area contributed by atoms with Gasteiger partial charge in [-0.15, -0.1) is 0 Å². The van der Waals surface area contributed by atoms with Gasteiger partial charge in [-0.2, -0.15) is 0 Å². The summed E-state index contributed by atoms with van der Waals surface area (Å²) in [4.78, 5) is 11.9. The van der Waals surface area contributed by atoms with Crippen LogP contribution in [0.3, 0.4) is 0 Å². The van der Waals surface area contributed by atoms with E-state index in [0.29, 0.717) is 36.1 Å². The Labute approximate surface area is 174 Å². The summed E-state index contributed by atoms with van der Waals surface area (Å²) in [5.74, 6) is -1.50. The van der Waals surface area contributed by atoms with Gasteiger partial charge in [0.2, 0.25) is 10.0 Å². The molecule has 0 saturated carbocycles. The molecule has 164 valence electrons. The Kier molecular flexibility index (Phi) is 8.27. The molecule has 0 aliphatic rings. The second kappa shape index (κ2) is 10.5. The van der Waals surface area contributed by atoms with E-state index in [1.54, 1.807) is 31.5 Å². The number of hydrogen-bond acceptors (Lipinski definition) is 5. The van der Waals surface area contributed by atoms with Crippen LogP contribution in [0.4, 0.5) is 14.5 Å². The van der Waals surface area contributed by atoms with Gasteiger partial charge in [-0.3, -0.25) is 10.0 Å². The van der Waals surface area contributed by atoms with Crippen molar-refractivity contribution in [1.82, 2.24) is 10.2 Å². The number of unbranched alkanes of at least 4 members (excludes halogenated alkanes) is 1. The minimum atomic E-state index is -3.75. The van der Waals surface area contributed by atoms with Gasteiger partial charge in [0.05, 0.1) is 4.90 Å². The number of carbonyl (C=O) groups is 1.